The number of aliphatic hydroxyl groups excluding tert-OH is 2. The van der Waals surface area contributed by atoms with Gasteiger partial charge in [0.2, 0.25) is 0 Å². The van der Waals surface area contributed by atoms with Crippen LogP contribution in [0, 0.1) is 0 Å². The summed E-state index contributed by atoms with van der Waals surface area (Å²) < 4.78 is 0. The summed E-state index contributed by atoms with van der Waals surface area (Å²) >= 11 is 0. The zero-order valence-electron chi connectivity index (χ0n) is 7.87. The van der Waals surface area contributed by atoms with Crippen molar-refractivity contribution in [3.8, 4) is 0 Å². The number of aliphatic hydroxyl groups is 2. The molecule has 0 aliphatic rings. The van der Waals surface area contributed by atoms with Crippen LogP contribution in [-0.4, -0.2) is 36.0 Å². The first-order chi connectivity index (χ1) is 5.72. The van der Waals surface area contributed by atoms with Gasteiger partial charge in [-0.1, -0.05) is 6.92 Å². The van der Waals surface area contributed by atoms with Crippen molar-refractivity contribution < 1.29 is 10.2 Å². The second-order valence-electron chi connectivity index (χ2n) is 2.57. The topological polar surface area (TPSA) is 92.5 Å². The third kappa shape index (κ3) is 16.4. The molecule has 12 heavy (non-hydrogen) atoms. The van der Waals surface area contributed by atoms with Crippen molar-refractivity contribution in [3.63, 3.8) is 0 Å². The predicted octanol–water partition coefficient (Wildman–Crippen LogP) is -0.566. The lowest BCUT2D eigenvalue weighted by Gasteiger charge is -1.98. The SMILES string of the molecule is CCC(N)CO.NCCCCO. The van der Waals surface area contributed by atoms with E-state index < -0.39 is 0 Å². The van der Waals surface area contributed by atoms with E-state index in [0.29, 0.717) is 6.54 Å². The van der Waals surface area contributed by atoms with Gasteiger partial charge in [0, 0.05) is 12.6 Å². The molecule has 0 aromatic carbocycles. The highest BCUT2D eigenvalue weighted by molar-refractivity contribution is 4.51. The van der Waals surface area contributed by atoms with E-state index in [1.54, 1.807) is 0 Å². The van der Waals surface area contributed by atoms with Crippen LogP contribution in [0.15, 0.2) is 0 Å². The van der Waals surface area contributed by atoms with Crippen LogP contribution in [0.25, 0.3) is 0 Å². The van der Waals surface area contributed by atoms with Crippen molar-refractivity contribution in [2.45, 2.75) is 32.2 Å². The van der Waals surface area contributed by atoms with E-state index in [9.17, 15) is 0 Å². The molecule has 6 N–H and O–H groups in total. The number of nitrogens with two attached hydrogens (primary N) is 2. The quantitative estimate of drug-likeness (QED) is 0.424. The fourth-order valence-electron chi connectivity index (χ4n) is 0.385. The van der Waals surface area contributed by atoms with Crippen molar-refractivity contribution in [2.24, 2.45) is 11.5 Å². The average Bonchev–Trinajstić information content (AvgIpc) is 2.14. The summed E-state index contributed by atoms with van der Waals surface area (Å²) in [5, 5.41) is 16.4. The Balaban J connectivity index is 0. The van der Waals surface area contributed by atoms with E-state index in [2.05, 4.69) is 0 Å². The molecule has 4 heteroatoms. The van der Waals surface area contributed by atoms with Gasteiger partial charge >= 0.3 is 0 Å². The third-order valence-corrected chi connectivity index (χ3v) is 1.37. The van der Waals surface area contributed by atoms with E-state index in [0.717, 1.165) is 19.3 Å². The molecular formula is C8H22N2O2. The molecular weight excluding hydrogens is 156 g/mol. The van der Waals surface area contributed by atoms with E-state index >= 15 is 0 Å². The molecule has 0 saturated heterocycles. The van der Waals surface area contributed by atoms with Gasteiger partial charge < -0.3 is 21.7 Å². The normalized spacial score (nSPS) is 11.8. The van der Waals surface area contributed by atoms with Crippen molar-refractivity contribution in [1.82, 2.24) is 0 Å². The number of rotatable bonds is 5. The summed E-state index contributed by atoms with van der Waals surface area (Å²) in [5.41, 5.74) is 10.3. The fraction of sp³-hybridized carbons (Fsp3) is 1.00. The standard InChI is InChI=1S/2C4H11NO/c1-2-4(5)3-6;5-3-1-2-4-6/h4,6H,2-3,5H2,1H3;6H,1-5H2. The van der Waals surface area contributed by atoms with Gasteiger partial charge in [-0.05, 0) is 25.8 Å². The minimum atomic E-state index is -0.00926. The lowest BCUT2D eigenvalue weighted by molar-refractivity contribution is 0.263. The van der Waals surface area contributed by atoms with Crippen LogP contribution in [0.2, 0.25) is 0 Å². The summed E-state index contributed by atoms with van der Waals surface area (Å²) in [6.45, 7) is 3.02. The first-order valence-corrected chi connectivity index (χ1v) is 4.40. The van der Waals surface area contributed by atoms with Crippen LogP contribution in [-0.2, 0) is 0 Å². The molecule has 0 rings (SSSR count). The highest BCUT2D eigenvalue weighted by Gasteiger charge is 1.90. The van der Waals surface area contributed by atoms with Crippen LogP contribution < -0.4 is 11.5 Å². The van der Waals surface area contributed by atoms with Crippen LogP contribution in [0.5, 0.6) is 0 Å². The maximum absolute atomic E-state index is 8.21. The van der Waals surface area contributed by atoms with Crippen molar-refractivity contribution in [2.75, 3.05) is 19.8 Å². The molecule has 0 heterocycles. The van der Waals surface area contributed by atoms with Crippen LogP contribution in [0.4, 0.5) is 0 Å². The zero-order chi connectivity index (χ0) is 9.82. The molecule has 0 aliphatic heterocycles. The van der Waals surface area contributed by atoms with Gasteiger partial charge in [-0.25, -0.2) is 0 Å². The number of unbranched alkanes of at least 4 members (excludes halogenated alkanes) is 1. The molecule has 0 saturated carbocycles. The van der Waals surface area contributed by atoms with E-state index in [-0.39, 0.29) is 19.3 Å². The molecule has 4 nitrogen and oxygen atoms in total. The Kier molecular flexibility index (Phi) is 16.1. The van der Waals surface area contributed by atoms with Gasteiger partial charge in [0.15, 0.2) is 0 Å². The Bertz CT molecular complexity index is 64.1. The van der Waals surface area contributed by atoms with Crippen LogP contribution in [0.1, 0.15) is 26.2 Å². The minimum Gasteiger partial charge on any atom is -0.396 e. The van der Waals surface area contributed by atoms with Gasteiger partial charge in [0.1, 0.15) is 0 Å². The zero-order valence-corrected chi connectivity index (χ0v) is 7.87. The Labute approximate surface area is 74.6 Å². The van der Waals surface area contributed by atoms with Crippen molar-refractivity contribution in [1.29, 1.82) is 0 Å². The molecule has 0 aromatic heterocycles. The highest BCUT2D eigenvalue weighted by atomic mass is 16.3. The smallest absolute Gasteiger partial charge is 0.0582 e. The molecule has 0 bridgehead atoms. The molecule has 0 aliphatic carbocycles. The first kappa shape index (κ1) is 14.4. The lowest BCUT2D eigenvalue weighted by atomic mass is 10.3. The van der Waals surface area contributed by atoms with E-state index in [1.165, 1.54) is 0 Å². The Hall–Kier alpha value is -0.160. The fourth-order valence-corrected chi connectivity index (χ4v) is 0.385. The summed E-state index contributed by atoms with van der Waals surface area (Å²) in [5.74, 6) is 0. The van der Waals surface area contributed by atoms with Crippen LogP contribution >= 0.6 is 0 Å². The summed E-state index contributed by atoms with van der Waals surface area (Å²) in [6.07, 6.45) is 2.64. The Morgan fingerprint density at radius 1 is 1.25 bits per heavy atom. The van der Waals surface area contributed by atoms with Crippen molar-refractivity contribution in [3.05, 3.63) is 0 Å². The van der Waals surface area contributed by atoms with E-state index in [1.807, 2.05) is 6.92 Å². The van der Waals surface area contributed by atoms with Crippen LogP contribution in [0.3, 0.4) is 0 Å². The number of hydrogen-bond acceptors (Lipinski definition) is 4. The maximum atomic E-state index is 8.21. The molecule has 1 unspecified atom stereocenters. The second-order valence-corrected chi connectivity index (χ2v) is 2.57. The Morgan fingerprint density at radius 2 is 1.83 bits per heavy atom. The average molecular weight is 178 g/mol. The molecule has 1 atom stereocenters. The molecule has 0 fully saturated rings. The van der Waals surface area contributed by atoms with Gasteiger partial charge in [-0.3, -0.25) is 0 Å². The van der Waals surface area contributed by atoms with Gasteiger partial charge in [-0.15, -0.1) is 0 Å². The van der Waals surface area contributed by atoms with E-state index in [4.69, 9.17) is 21.7 Å². The molecule has 0 amide bonds. The van der Waals surface area contributed by atoms with Crippen molar-refractivity contribution >= 4 is 0 Å². The van der Waals surface area contributed by atoms with Gasteiger partial charge in [-0.2, -0.15) is 0 Å². The van der Waals surface area contributed by atoms with Gasteiger partial charge in [0.05, 0.1) is 6.61 Å². The first-order valence-electron chi connectivity index (χ1n) is 4.40. The summed E-state index contributed by atoms with van der Waals surface area (Å²) in [6, 6.07) is -0.00926. The summed E-state index contributed by atoms with van der Waals surface area (Å²) in [7, 11) is 0. The minimum absolute atomic E-state index is 0.00926. The van der Waals surface area contributed by atoms with Gasteiger partial charge in [0.25, 0.3) is 0 Å². The molecule has 0 radical (unpaired) electrons. The predicted molar refractivity (Wildman–Crippen MR) is 50.7 cm³/mol. The highest BCUT2D eigenvalue weighted by Crippen LogP contribution is 1.79. The molecule has 0 spiro atoms. The Morgan fingerprint density at radius 3 is 1.92 bits per heavy atom. The molecule has 0 aromatic rings. The molecule has 76 valence electrons. The monoisotopic (exact) mass is 178 g/mol. The maximum Gasteiger partial charge on any atom is 0.0582 e. The lowest BCUT2D eigenvalue weighted by Crippen LogP contribution is -2.22. The number of hydrogen-bond donors (Lipinski definition) is 4. The summed E-state index contributed by atoms with van der Waals surface area (Å²) in [4.78, 5) is 0. The third-order valence-electron chi connectivity index (χ3n) is 1.37. The second kappa shape index (κ2) is 13.4. The largest absolute Gasteiger partial charge is 0.396 e.